The lowest BCUT2D eigenvalue weighted by Gasteiger charge is -2.26. The van der Waals surface area contributed by atoms with Crippen molar-refractivity contribution in [2.75, 3.05) is 19.8 Å². The minimum absolute atomic E-state index is 0.0373. The van der Waals surface area contributed by atoms with Crippen LogP contribution < -0.4 is 9.47 Å². The van der Waals surface area contributed by atoms with Crippen molar-refractivity contribution in [2.24, 2.45) is 0 Å². The molecule has 0 aliphatic carbocycles. The largest absolute Gasteiger partial charge is 0.486 e. The lowest BCUT2D eigenvalue weighted by Crippen LogP contribution is -2.30. The maximum Gasteiger partial charge on any atom is 0.276 e. The summed E-state index contributed by atoms with van der Waals surface area (Å²) in [5.41, 5.74) is 1.44. The fourth-order valence-electron chi connectivity index (χ4n) is 3.24. The Labute approximate surface area is 134 Å². The molecule has 3 heterocycles. The Bertz CT molecular complexity index is 740. The van der Waals surface area contributed by atoms with Crippen LogP contribution in [-0.2, 0) is 0 Å². The van der Waals surface area contributed by atoms with Crippen molar-refractivity contribution in [3.63, 3.8) is 0 Å². The second kappa shape index (κ2) is 5.61. The van der Waals surface area contributed by atoms with E-state index >= 15 is 0 Å². The Balaban J connectivity index is 1.61. The molecule has 23 heavy (non-hydrogen) atoms. The number of carbonyl (C=O) groups excluding carboxylic acids is 1. The molecule has 0 radical (unpaired) electrons. The van der Waals surface area contributed by atoms with Gasteiger partial charge in [0.05, 0.1) is 6.04 Å². The highest BCUT2D eigenvalue weighted by atomic mass is 16.6. The van der Waals surface area contributed by atoms with Gasteiger partial charge in [-0.2, -0.15) is 0 Å². The number of nitrogens with zero attached hydrogens (tertiary/aromatic N) is 2. The quantitative estimate of drug-likeness (QED) is 0.853. The molecule has 1 saturated heterocycles. The number of benzene rings is 1. The van der Waals surface area contributed by atoms with E-state index in [1.807, 2.05) is 23.1 Å². The summed E-state index contributed by atoms with van der Waals surface area (Å²) < 4.78 is 16.2. The van der Waals surface area contributed by atoms with E-state index in [4.69, 9.17) is 14.0 Å². The first-order valence-corrected chi connectivity index (χ1v) is 7.86. The van der Waals surface area contributed by atoms with Crippen LogP contribution in [0.3, 0.4) is 0 Å². The summed E-state index contributed by atoms with van der Waals surface area (Å²) in [6.45, 7) is 3.64. The predicted octanol–water partition coefficient (Wildman–Crippen LogP) is 2.73. The third-order valence-electron chi connectivity index (χ3n) is 4.31. The van der Waals surface area contributed by atoms with Crippen molar-refractivity contribution in [3.05, 3.63) is 41.3 Å². The maximum absolute atomic E-state index is 12.7. The molecule has 1 aromatic heterocycles. The van der Waals surface area contributed by atoms with Gasteiger partial charge in [0.1, 0.15) is 19.0 Å². The van der Waals surface area contributed by atoms with Crippen LogP contribution in [0.1, 0.15) is 40.7 Å². The average Bonchev–Trinajstić information content (AvgIpc) is 3.23. The Hall–Kier alpha value is -2.50. The summed E-state index contributed by atoms with van der Waals surface area (Å²) in [4.78, 5) is 14.5. The van der Waals surface area contributed by atoms with Crippen LogP contribution in [0.15, 0.2) is 28.8 Å². The Kier molecular flexibility index (Phi) is 3.44. The molecule has 4 rings (SSSR count). The van der Waals surface area contributed by atoms with Crippen LogP contribution in [0.5, 0.6) is 11.5 Å². The first-order chi connectivity index (χ1) is 11.2. The molecule has 2 aliphatic heterocycles. The minimum atomic E-state index is -0.0840. The fourth-order valence-corrected chi connectivity index (χ4v) is 3.24. The van der Waals surface area contributed by atoms with Crippen molar-refractivity contribution in [3.8, 4) is 11.5 Å². The second-order valence-electron chi connectivity index (χ2n) is 5.88. The summed E-state index contributed by atoms with van der Waals surface area (Å²) in [6.07, 6.45) is 1.91. The normalized spacial score (nSPS) is 19.9. The first-order valence-electron chi connectivity index (χ1n) is 7.86. The van der Waals surface area contributed by atoms with Gasteiger partial charge in [-0.05, 0) is 37.5 Å². The van der Waals surface area contributed by atoms with E-state index in [0.29, 0.717) is 24.7 Å². The molecule has 0 saturated carbocycles. The molecule has 2 aliphatic rings. The molecule has 0 spiro atoms. The molecular formula is C17H18N2O4. The van der Waals surface area contributed by atoms with Gasteiger partial charge in [0, 0.05) is 12.6 Å². The summed E-state index contributed by atoms with van der Waals surface area (Å²) in [7, 11) is 0. The number of hydrogen-bond acceptors (Lipinski definition) is 5. The number of amides is 1. The summed E-state index contributed by atoms with van der Waals surface area (Å²) in [6, 6.07) is 7.64. The van der Waals surface area contributed by atoms with E-state index in [0.717, 1.165) is 36.4 Å². The van der Waals surface area contributed by atoms with Gasteiger partial charge in [-0.25, -0.2) is 0 Å². The molecule has 6 nitrogen and oxygen atoms in total. The average molecular weight is 314 g/mol. The number of ether oxygens (including phenoxy) is 2. The Morgan fingerprint density at radius 3 is 2.83 bits per heavy atom. The Morgan fingerprint density at radius 1 is 1.22 bits per heavy atom. The number of carbonyl (C=O) groups is 1. The fraction of sp³-hybridized carbons (Fsp3) is 0.412. The van der Waals surface area contributed by atoms with Crippen molar-refractivity contribution in [2.45, 2.75) is 25.8 Å². The second-order valence-corrected chi connectivity index (χ2v) is 5.88. The standard InChI is InChI=1S/C17H18N2O4/c1-11-9-13(18-23-11)17(20)19-6-2-3-14(19)12-4-5-15-16(10-12)22-8-7-21-15/h4-5,9-10,14H,2-3,6-8H2,1H3/t14-/m0/s1. The number of aryl methyl sites for hydroxylation is 1. The smallest absolute Gasteiger partial charge is 0.276 e. The molecule has 0 N–H and O–H groups in total. The summed E-state index contributed by atoms with van der Waals surface area (Å²) >= 11 is 0. The van der Waals surface area contributed by atoms with E-state index in [-0.39, 0.29) is 11.9 Å². The molecule has 6 heteroatoms. The molecule has 2 aromatic rings. The number of aromatic nitrogens is 1. The maximum atomic E-state index is 12.7. The topological polar surface area (TPSA) is 64.8 Å². The van der Waals surface area contributed by atoms with Crippen LogP contribution >= 0.6 is 0 Å². The molecule has 120 valence electrons. The van der Waals surface area contributed by atoms with Gasteiger partial charge in [-0.3, -0.25) is 4.79 Å². The zero-order valence-electron chi connectivity index (χ0n) is 12.9. The molecule has 1 amide bonds. The van der Waals surface area contributed by atoms with Crippen LogP contribution in [0.25, 0.3) is 0 Å². The van der Waals surface area contributed by atoms with E-state index in [9.17, 15) is 4.79 Å². The molecule has 1 fully saturated rings. The van der Waals surface area contributed by atoms with Crippen LogP contribution in [0.4, 0.5) is 0 Å². The highest BCUT2D eigenvalue weighted by Gasteiger charge is 2.32. The van der Waals surface area contributed by atoms with Crippen molar-refractivity contribution < 1.29 is 18.8 Å². The van der Waals surface area contributed by atoms with Crippen molar-refractivity contribution in [1.82, 2.24) is 10.1 Å². The van der Waals surface area contributed by atoms with Gasteiger partial charge in [-0.15, -0.1) is 0 Å². The van der Waals surface area contributed by atoms with Crippen LogP contribution in [0, 0.1) is 6.92 Å². The first kappa shape index (κ1) is 14.1. The third kappa shape index (κ3) is 2.54. The number of likely N-dealkylation sites (tertiary alicyclic amines) is 1. The third-order valence-corrected chi connectivity index (χ3v) is 4.31. The summed E-state index contributed by atoms with van der Waals surface area (Å²) in [5.74, 6) is 2.08. The molecule has 0 unspecified atom stereocenters. The number of fused-ring (bicyclic) bond motifs is 1. The van der Waals surface area contributed by atoms with E-state index in [1.54, 1.807) is 13.0 Å². The zero-order chi connectivity index (χ0) is 15.8. The lowest BCUT2D eigenvalue weighted by atomic mass is 10.0. The molecule has 1 atom stereocenters. The SMILES string of the molecule is Cc1cc(C(=O)N2CCC[C@H]2c2ccc3c(c2)OCCO3)no1. The van der Waals surface area contributed by atoms with E-state index in [2.05, 4.69) is 5.16 Å². The predicted molar refractivity (Wildman–Crippen MR) is 81.7 cm³/mol. The molecule has 0 bridgehead atoms. The highest BCUT2D eigenvalue weighted by Crippen LogP contribution is 2.38. The number of hydrogen-bond donors (Lipinski definition) is 0. The van der Waals surface area contributed by atoms with Gasteiger partial charge in [0.15, 0.2) is 17.2 Å². The summed E-state index contributed by atoms with van der Waals surface area (Å²) in [5, 5.41) is 3.85. The van der Waals surface area contributed by atoms with Crippen LogP contribution in [0.2, 0.25) is 0 Å². The van der Waals surface area contributed by atoms with Gasteiger partial charge >= 0.3 is 0 Å². The van der Waals surface area contributed by atoms with E-state index in [1.165, 1.54) is 0 Å². The van der Waals surface area contributed by atoms with Crippen molar-refractivity contribution in [1.29, 1.82) is 0 Å². The highest BCUT2D eigenvalue weighted by molar-refractivity contribution is 5.92. The van der Waals surface area contributed by atoms with Gasteiger partial charge in [-0.1, -0.05) is 11.2 Å². The molecule has 1 aromatic carbocycles. The number of rotatable bonds is 2. The zero-order valence-corrected chi connectivity index (χ0v) is 12.9. The monoisotopic (exact) mass is 314 g/mol. The van der Waals surface area contributed by atoms with Crippen LogP contribution in [-0.4, -0.2) is 35.7 Å². The van der Waals surface area contributed by atoms with E-state index < -0.39 is 0 Å². The van der Waals surface area contributed by atoms with Gasteiger partial charge in [0.2, 0.25) is 0 Å². The molecular weight excluding hydrogens is 296 g/mol. The lowest BCUT2D eigenvalue weighted by molar-refractivity contribution is 0.0724. The van der Waals surface area contributed by atoms with Gasteiger partial charge in [0.25, 0.3) is 5.91 Å². The Morgan fingerprint density at radius 2 is 2.04 bits per heavy atom. The van der Waals surface area contributed by atoms with Gasteiger partial charge < -0.3 is 18.9 Å². The minimum Gasteiger partial charge on any atom is -0.486 e. The van der Waals surface area contributed by atoms with Crippen molar-refractivity contribution >= 4 is 5.91 Å².